The number of aromatic nitrogens is 2. The average Bonchev–Trinajstić information content (AvgIpc) is 3.18. The van der Waals surface area contributed by atoms with E-state index in [0.717, 1.165) is 25.1 Å². The molecule has 1 fully saturated rings. The monoisotopic (exact) mass is 285 g/mol. The van der Waals surface area contributed by atoms with Gasteiger partial charge in [-0.1, -0.05) is 12.1 Å². The maximum Gasteiger partial charge on any atom is 0.0991 e. The molecule has 1 N–H and O–H groups in total. The van der Waals surface area contributed by atoms with Crippen LogP contribution in [0.25, 0.3) is 5.69 Å². The third kappa shape index (κ3) is 3.52. The zero-order valence-corrected chi connectivity index (χ0v) is 12.4. The molecule has 0 bridgehead atoms. The molecule has 2 aromatic rings. The molecule has 21 heavy (non-hydrogen) atoms. The van der Waals surface area contributed by atoms with E-state index in [1.54, 1.807) is 6.20 Å². The SMILES string of the molecule is OCCCC1CCCN1Cc1ccc(-n2ccnc2)cc1. The zero-order chi connectivity index (χ0) is 14.5. The fourth-order valence-corrected chi connectivity index (χ4v) is 3.18. The number of benzene rings is 1. The summed E-state index contributed by atoms with van der Waals surface area (Å²) in [5, 5.41) is 9.00. The summed E-state index contributed by atoms with van der Waals surface area (Å²) >= 11 is 0. The summed E-state index contributed by atoms with van der Waals surface area (Å²) in [6.45, 7) is 2.50. The Morgan fingerprint density at radius 2 is 2.10 bits per heavy atom. The Kier molecular flexibility index (Phi) is 4.68. The first-order valence-electron chi connectivity index (χ1n) is 7.79. The molecule has 4 nitrogen and oxygen atoms in total. The number of hydrogen-bond donors (Lipinski definition) is 1. The molecule has 4 heteroatoms. The quantitative estimate of drug-likeness (QED) is 0.887. The van der Waals surface area contributed by atoms with Crippen molar-refractivity contribution in [3.63, 3.8) is 0 Å². The van der Waals surface area contributed by atoms with Crippen LogP contribution in [0.3, 0.4) is 0 Å². The van der Waals surface area contributed by atoms with Gasteiger partial charge in [-0.3, -0.25) is 4.90 Å². The number of aliphatic hydroxyl groups excluding tert-OH is 1. The van der Waals surface area contributed by atoms with Crippen molar-refractivity contribution in [2.45, 2.75) is 38.3 Å². The van der Waals surface area contributed by atoms with Gasteiger partial charge in [-0.25, -0.2) is 4.98 Å². The molecule has 1 atom stereocenters. The van der Waals surface area contributed by atoms with Crippen molar-refractivity contribution in [3.8, 4) is 5.69 Å². The van der Waals surface area contributed by atoms with Gasteiger partial charge in [0.15, 0.2) is 0 Å². The molecule has 0 radical (unpaired) electrons. The molecule has 1 aromatic heterocycles. The van der Waals surface area contributed by atoms with E-state index in [2.05, 4.69) is 34.1 Å². The predicted octanol–water partition coefficient (Wildman–Crippen LogP) is 2.61. The maximum atomic E-state index is 9.00. The molecule has 1 unspecified atom stereocenters. The van der Waals surface area contributed by atoms with Crippen molar-refractivity contribution >= 4 is 0 Å². The number of nitrogens with zero attached hydrogens (tertiary/aromatic N) is 3. The van der Waals surface area contributed by atoms with Crippen LogP contribution in [0, 0.1) is 0 Å². The molecule has 0 aliphatic carbocycles. The number of aliphatic hydroxyl groups is 1. The highest BCUT2D eigenvalue weighted by Gasteiger charge is 2.23. The third-order valence-corrected chi connectivity index (χ3v) is 4.32. The van der Waals surface area contributed by atoms with E-state index in [1.807, 2.05) is 17.1 Å². The van der Waals surface area contributed by atoms with Gasteiger partial charge >= 0.3 is 0 Å². The van der Waals surface area contributed by atoms with Gasteiger partial charge in [0.05, 0.1) is 6.33 Å². The highest BCUT2D eigenvalue weighted by molar-refractivity contribution is 5.34. The Morgan fingerprint density at radius 3 is 2.81 bits per heavy atom. The highest BCUT2D eigenvalue weighted by atomic mass is 16.2. The first kappa shape index (κ1) is 14.3. The van der Waals surface area contributed by atoms with Crippen molar-refractivity contribution in [1.29, 1.82) is 0 Å². The lowest BCUT2D eigenvalue weighted by Crippen LogP contribution is -2.29. The normalized spacial score (nSPS) is 19.2. The van der Waals surface area contributed by atoms with Crippen molar-refractivity contribution in [2.24, 2.45) is 0 Å². The Balaban J connectivity index is 1.62. The van der Waals surface area contributed by atoms with Gasteiger partial charge in [0.25, 0.3) is 0 Å². The second kappa shape index (κ2) is 6.87. The summed E-state index contributed by atoms with van der Waals surface area (Å²) in [5.74, 6) is 0. The Hall–Kier alpha value is -1.65. The van der Waals surface area contributed by atoms with E-state index in [0.29, 0.717) is 12.6 Å². The largest absolute Gasteiger partial charge is 0.396 e. The summed E-state index contributed by atoms with van der Waals surface area (Å²) in [5.41, 5.74) is 2.50. The van der Waals surface area contributed by atoms with E-state index in [9.17, 15) is 0 Å². The molecule has 1 aromatic carbocycles. The molecule has 1 aliphatic rings. The van der Waals surface area contributed by atoms with Gasteiger partial charge in [-0.15, -0.1) is 0 Å². The number of rotatable bonds is 6. The molecule has 2 heterocycles. The fourth-order valence-electron chi connectivity index (χ4n) is 3.18. The van der Waals surface area contributed by atoms with Gasteiger partial charge in [-0.2, -0.15) is 0 Å². The number of hydrogen-bond acceptors (Lipinski definition) is 3. The Labute approximate surface area is 126 Å². The molecular formula is C17H23N3O. The summed E-state index contributed by atoms with van der Waals surface area (Å²) in [4.78, 5) is 6.63. The van der Waals surface area contributed by atoms with Crippen LogP contribution in [0.4, 0.5) is 0 Å². The summed E-state index contributed by atoms with van der Waals surface area (Å²) < 4.78 is 2.02. The van der Waals surface area contributed by atoms with E-state index >= 15 is 0 Å². The second-order valence-electron chi connectivity index (χ2n) is 5.77. The first-order valence-corrected chi connectivity index (χ1v) is 7.79. The van der Waals surface area contributed by atoms with Crippen LogP contribution in [-0.2, 0) is 6.54 Å². The van der Waals surface area contributed by atoms with Crippen LogP contribution in [0.15, 0.2) is 43.0 Å². The number of imidazole rings is 1. The molecule has 112 valence electrons. The van der Waals surface area contributed by atoms with Crippen molar-refractivity contribution in [1.82, 2.24) is 14.5 Å². The van der Waals surface area contributed by atoms with Crippen LogP contribution < -0.4 is 0 Å². The van der Waals surface area contributed by atoms with E-state index in [-0.39, 0.29) is 0 Å². The fraction of sp³-hybridized carbons (Fsp3) is 0.471. The van der Waals surface area contributed by atoms with Gasteiger partial charge in [-0.05, 0) is 49.9 Å². The van der Waals surface area contributed by atoms with Crippen LogP contribution in [-0.4, -0.2) is 38.8 Å². The Morgan fingerprint density at radius 1 is 1.24 bits per heavy atom. The lowest BCUT2D eigenvalue weighted by molar-refractivity contribution is 0.210. The molecule has 0 saturated carbocycles. The maximum absolute atomic E-state index is 9.00. The standard InChI is InChI=1S/C17H23N3O/c21-12-2-4-16-3-1-10-19(16)13-15-5-7-17(8-6-15)20-11-9-18-14-20/h5-9,11,14,16,21H,1-4,10,12-13H2. The average molecular weight is 285 g/mol. The van der Waals surface area contributed by atoms with Crippen molar-refractivity contribution in [2.75, 3.05) is 13.2 Å². The van der Waals surface area contributed by atoms with Crippen LogP contribution in [0.5, 0.6) is 0 Å². The molecule has 1 saturated heterocycles. The molecular weight excluding hydrogens is 262 g/mol. The second-order valence-corrected chi connectivity index (χ2v) is 5.77. The Bertz CT molecular complexity index is 536. The van der Waals surface area contributed by atoms with Gasteiger partial charge in [0.1, 0.15) is 0 Å². The lowest BCUT2D eigenvalue weighted by Gasteiger charge is -2.24. The highest BCUT2D eigenvalue weighted by Crippen LogP contribution is 2.23. The van der Waals surface area contributed by atoms with Gasteiger partial charge < -0.3 is 9.67 Å². The van der Waals surface area contributed by atoms with Gasteiger partial charge in [0.2, 0.25) is 0 Å². The van der Waals surface area contributed by atoms with E-state index in [4.69, 9.17) is 5.11 Å². The van der Waals surface area contributed by atoms with E-state index < -0.39 is 0 Å². The first-order chi connectivity index (χ1) is 10.4. The predicted molar refractivity (Wildman–Crippen MR) is 83.3 cm³/mol. The summed E-state index contributed by atoms with van der Waals surface area (Å²) in [6, 6.07) is 9.35. The van der Waals surface area contributed by atoms with Crippen LogP contribution in [0.2, 0.25) is 0 Å². The molecule has 0 amide bonds. The summed E-state index contributed by atoms with van der Waals surface area (Å²) in [7, 11) is 0. The molecule has 0 spiro atoms. The molecule has 3 rings (SSSR count). The summed E-state index contributed by atoms with van der Waals surface area (Å²) in [6.07, 6.45) is 10.2. The smallest absolute Gasteiger partial charge is 0.0991 e. The third-order valence-electron chi connectivity index (χ3n) is 4.32. The van der Waals surface area contributed by atoms with Crippen molar-refractivity contribution < 1.29 is 5.11 Å². The minimum absolute atomic E-state index is 0.309. The van der Waals surface area contributed by atoms with Crippen molar-refractivity contribution in [3.05, 3.63) is 48.5 Å². The van der Waals surface area contributed by atoms with Crippen LogP contribution >= 0.6 is 0 Å². The lowest BCUT2D eigenvalue weighted by atomic mass is 10.1. The number of likely N-dealkylation sites (tertiary alicyclic amines) is 1. The topological polar surface area (TPSA) is 41.3 Å². The molecule has 1 aliphatic heterocycles. The zero-order valence-electron chi connectivity index (χ0n) is 12.4. The van der Waals surface area contributed by atoms with Crippen LogP contribution in [0.1, 0.15) is 31.2 Å². The minimum Gasteiger partial charge on any atom is -0.396 e. The van der Waals surface area contributed by atoms with E-state index in [1.165, 1.54) is 24.9 Å². The van der Waals surface area contributed by atoms with Gasteiger partial charge in [0, 0.05) is 37.3 Å². The minimum atomic E-state index is 0.309.